The van der Waals surface area contributed by atoms with Crippen LogP contribution in [0, 0.1) is 142 Å². The minimum atomic E-state index is 0. The number of hydrogen-bond donors (Lipinski definition) is 0. The Hall–Kier alpha value is -0.691. The topological polar surface area (TPSA) is 285 Å². The molecule has 28 heavy (non-hydrogen) atoms. The van der Waals surface area contributed by atoms with Crippen molar-refractivity contribution in [1.29, 1.82) is 63.1 Å². The molecule has 0 heterocycles. The van der Waals surface area contributed by atoms with Crippen LogP contribution in [0.3, 0.4) is 0 Å². The Labute approximate surface area is 306 Å². The Balaban J connectivity index is -0.00000000396. The van der Waals surface area contributed by atoms with Gasteiger partial charge in [-0.1, -0.05) is 0 Å². The zero-order valence-corrected chi connectivity index (χ0v) is 25.2. The van der Waals surface area contributed by atoms with Crippen LogP contribution < -0.4 is 154 Å². The van der Waals surface area contributed by atoms with E-state index in [1.807, 2.05) is 0 Å². The maximum atomic E-state index is 6.25. The third-order valence-corrected chi connectivity index (χ3v) is 0. The zero-order chi connectivity index (χ0) is 24.0. The molecule has 0 fully saturated rings. The van der Waals surface area contributed by atoms with Gasteiger partial charge in [0.2, 0.25) is 0 Å². The van der Waals surface area contributed by atoms with E-state index in [9.17, 15) is 0 Å². The van der Waals surface area contributed by atoms with Gasteiger partial charge in [0.15, 0.2) is 0 Å². The largest absolute Gasteiger partial charge is 1.00 e. The third-order valence-electron chi connectivity index (χ3n) is 0. The van der Waals surface area contributed by atoms with Crippen molar-refractivity contribution in [2.45, 2.75) is 0 Å². The summed E-state index contributed by atoms with van der Waals surface area (Å²) < 4.78 is 0. The van der Waals surface area contributed by atoms with E-state index in [-0.39, 0.29) is 171 Å². The molecule has 0 amide bonds. The van der Waals surface area contributed by atoms with Crippen LogP contribution in [0.4, 0.5) is 0 Å². The van der Waals surface area contributed by atoms with Crippen molar-refractivity contribution in [2.75, 3.05) is 0 Å². The van der Waals surface area contributed by atoms with Crippen LogP contribution in [0.5, 0.6) is 0 Å². The normalized spacial score (nSPS) is 0.857. The summed E-state index contributed by atoms with van der Waals surface area (Å²) >= 11 is 0. The Kier molecular flexibility index (Phi) is 186000. The first kappa shape index (κ1) is 148. The molecule has 12 nitrogen and oxygen atoms in total. The minimum absolute atomic E-state index is 0. The van der Waals surface area contributed by atoms with Gasteiger partial charge >= 0.3 is 154 Å². The molecule has 0 aromatic heterocycles. The van der Waals surface area contributed by atoms with Gasteiger partial charge in [-0.05, 0) is 0 Å². The van der Waals surface area contributed by atoms with Gasteiger partial charge < -0.3 is 142 Å². The van der Waals surface area contributed by atoms with Crippen molar-refractivity contribution < 1.29 is 171 Å². The summed E-state index contributed by atoms with van der Waals surface area (Å²) in [7, 11) is 0. The molecular formula is C12FeK3N12-9. The summed E-state index contributed by atoms with van der Waals surface area (Å²) in [5, 5.41) is 75.0. The summed E-state index contributed by atoms with van der Waals surface area (Å²) in [6.45, 7) is 57.0. The van der Waals surface area contributed by atoms with E-state index in [1.165, 1.54) is 0 Å². The predicted octanol–water partition coefficient (Wildman–Crippen LogP) is -7.83. The molecule has 0 aliphatic heterocycles. The second-order valence-electron chi connectivity index (χ2n) is 0. The van der Waals surface area contributed by atoms with E-state index >= 15 is 0 Å². The molecule has 16 heteroatoms. The molecular weight excluding hydrogens is 485 g/mol. The van der Waals surface area contributed by atoms with Crippen molar-refractivity contribution >= 4 is 0 Å². The van der Waals surface area contributed by atoms with Crippen molar-refractivity contribution in [3.63, 3.8) is 0 Å². The molecule has 0 atom stereocenters. The molecule has 0 saturated heterocycles. The van der Waals surface area contributed by atoms with E-state index in [4.69, 9.17) is 142 Å². The van der Waals surface area contributed by atoms with Crippen LogP contribution in [0.25, 0.3) is 0 Å². The Bertz CT molecular complexity index is 230. The van der Waals surface area contributed by atoms with Crippen LogP contribution in [-0.2, 0) is 17.1 Å². The molecule has 0 aromatic rings. The Morgan fingerprint density at radius 3 is 0.179 bits per heavy atom. The third kappa shape index (κ3) is 31300. The summed E-state index contributed by atoms with van der Waals surface area (Å²) in [4.78, 5) is 0. The average Bonchev–Trinajstić information content (AvgIpc) is 2.84. The fraction of sp³-hybridized carbons (Fsp3) is 0. The molecule has 0 aliphatic carbocycles. The molecule has 0 aromatic carbocycles. The van der Waals surface area contributed by atoms with E-state index in [2.05, 4.69) is 0 Å². The number of rotatable bonds is 0. The molecule has 0 bridgehead atoms. The van der Waals surface area contributed by atoms with E-state index in [0.29, 0.717) is 0 Å². The number of nitrogens with zero attached hydrogens (tertiary/aromatic N) is 12. The summed E-state index contributed by atoms with van der Waals surface area (Å²) in [5.74, 6) is 0. The van der Waals surface area contributed by atoms with Gasteiger partial charge in [-0.3, -0.25) is 0 Å². The van der Waals surface area contributed by atoms with E-state index in [0.717, 1.165) is 0 Å². The van der Waals surface area contributed by atoms with Crippen molar-refractivity contribution in [3.05, 3.63) is 78.9 Å². The maximum absolute atomic E-state index is 6.25. The molecule has 0 radical (unpaired) electrons. The first-order valence-electron chi connectivity index (χ1n) is 2.68. The molecule has 128 valence electrons. The van der Waals surface area contributed by atoms with Crippen molar-refractivity contribution in [3.8, 4) is 0 Å². The molecule has 0 unspecified atom stereocenters. The summed E-state index contributed by atoms with van der Waals surface area (Å²) in [5.41, 5.74) is 0. The Morgan fingerprint density at radius 2 is 0.179 bits per heavy atom. The summed E-state index contributed by atoms with van der Waals surface area (Å²) in [6, 6.07) is 0. The van der Waals surface area contributed by atoms with Crippen molar-refractivity contribution in [1.82, 2.24) is 0 Å². The molecule has 0 aliphatic rings. The van der Waals surface area contributed by atoms with Gasteiger partial charge in [0.1, 0.15) is 0 Å². The van der Waals surface area contributed by atoms with Gasteiger partial charge in [0, 0.05) is 17.1 Å². The fourth-order valence-corrected chi connectivity index (χ4v) is 0. The van der Waals surface area contributed by atoms with Crippen LogP contribution >= 0.6 is 0 Å². The second kappa shape index (κ2) is 35200. The average molecular weight is 485 g/mol. The SMILES string of the molecule is [C-]#N.[C-]#N.[C-]#N.[C-]#N.[C-]#N.[C-]#N.[C-]#N.[C-]#N.[C-]#N.[C-]#N.[C-]#N.[C-]#N.[Fe].[K+].[K+].[K+]. The smallest absolute Gasteiger partial charge is 0.512 e. The standard InChI is InChI=1S/12CN.Fe.3K/c12*1-2;;;;/q12*-1;;3*+1. The minimum Gasteiger partial charge on any atom is -0.512 e. The molecule has 0 saturated carbocycles. The van der Waals surface area contributed by atoms with Crippen LogP contribution in [0.2, 0.25) is 0 Å². The zero-order valence-electron chi connectivity index (χ0n) is 14.7. The van der Waals surface area contributed by atoms with Gasteiger partial charge in [-0.2, -0.15) is 0 Å². The number of hydrogen-bond acceptors (Lipinski definition) is 12. The van der Waals surface area contributed by atoms with E-state index in [1.54, 1.807) is 0 Å². The fourth-order valence-electron chi connectivity index (χ4n) is 0. The van der Waals surface area contributed by atoms with Gasteiger partial charge in [0.25, 0.3) is 0 Å². The Morgan fingerprint density at radius 1 is 0.179 bits per heavy atom. The maximum Gasteiger partial charge on any atom is 1.00 e. The molecule has 0 spiro atoms. The quantitative estimate of drug-likeness (QED) is 0.228. The van der Waals surface area contributed by atoms with Crippen LogP contribution in [-0.4, -0.2) is 0 Å². The summed E-state index contributed by atoms with van der Waals surface area (Å²) in [6.07, 6.45) is 0. The van der Waals surface area contributed by atoms with Gasteiger partial charge in [-0.25, -0.2) is 0 Å². The molecule has 0 N–H and O–H groups in total. The monoisotopic (exact) mass is 485 g/mol. The predicted molar refractivity (Wildman–Crippen MR) is 59.6 cm³/mol. The van der Waals surface area contributed by atoms with E-state index < -0.39 is 0 Å². The molecule has 0 rings (SSSR count). The first-order valence-corrected chi connectivity index (χ1v) is 2.68. The first-order chi connectivity index (χ1) is 12.0. The van der Waals surface area contributed by atoms with Gasteiger partial charge in [0.05, 0.1) is 0 Å². The second-order valence-corrected chi connectivity index (χ2v) is 0. The van der Waals surface area contributed by atoms with Crippen LogP contribution in [0.15, 0.2) is 0 Å². The van der Waals surface area contributed by atoms with Gasteiger partial charge in [-0.15, -0.1) is 0 Å². The van der Waals surface area contributed by atoms with Crippen molar-refractivity contribution in [2.24, 2.45) is 0 Å². The van der Waals surface area contributed by atoms with Crippen LogP contribution in [0.1, 0.15) is 0 Å².